The van der Waals surface area contributed by atoms with E-state index in [9.17, 15) is 25.2 Å². The summed E-state index contributed by atoms with van der Waals surface area (Å²) in [6.07, 6.45) is 5.93. The molecule has 5 saturated carbocycles. The highest BCUT2D eigenvalue weighted by Crippen LogP contribution is 2.89. The lowest BCUT2D eigenvalue weighted by Crippen LogP contribution is -2.60. The van der Waals surface area contributed by atoms with Gasteiger partial charge in [0.1, 0.15) is 0 Å². The molecule has 0 amide bonds. The minimum Gasteiger partial charge on any atom is -0.457 e. The highest BCUT2D eigenvalue weighted by Gasteiger charge is 2.84. The highest BCUT2D eigenvalue weighted by molar-refractivity contribution is 5.66. The molecule has 10 unspecified atom stereocenters. The summed E-state index contributed by atoms with van der Waals surface area (Å²) in [5.41, 5.74) is -1.23. The van der Waals surface area contributed by atoms with Gasteiger partial charge in [-0.2, -0.15) is 0 Å². The fraction of sp³-hybridized carbons (Fsp3) is 0.974. The first-order valence-corrected chi connectivity index (χ1v) is 19.4. The molecule has 2 saturated heterocycles. The molecule has 7 aliphatic rings. The lowest BCUT2D eigenvalue weighted by atomic mass is 9.41. The average Bonchev–Trinajstić information content (AvgIpc) is 3.66. The Bertz CT molecular complexity index is 1270. The number of nitrogens with zero attached hydrogens (tertiary/aromatic N) is 1. The van der Waals surface area contributed by atoms with Crippen LogP contribution in [0, 0.1) is 50.7 Å². The van der Waals surface area contributed by atoms with Gasteiger partial charge in [-0.15, -0.1) is 0 Å². The number of rotatable bonds is 8. The van der Waals surface area contributed by atoms with Gasteiger partial charge in [-0.1, -0.05) is 34.6 Å². The van der Waals surface area contributed by atoms with Gasteiger partial charge in [-0.3, -0.25) is 9.69 Å². The summed E-state index contributed by atoms with van der Waals surface area (Å²) in [6, 6.07) is -0.288. The molecule has 0 aromatic rings. The summed E-state index contributed by atoms with van der Waals surface area (Å²) in [7, 11) is 0. The molecule has 7 fully saturated rings. The van der Waals surface area contributed by atoms with Gasteiger partial charge in [0.25, 0.3) is 0 Å². The van der Waals surface area contributed by atoms with Crippen LogP contribution in [-0.4, -0.2) is 113 Å². The molecule has 2 spiro atoms. The third kappa shape index (κ3) is 5.11. The van der Waals surface area contributed by atoms with Crippen molar-refractivity contribution in [1.29, 1.82) is 0 Å². The molecular formula is C39H65NO9. The molecule has 0 radical (unpaired) electrons. The maximum absolute atomic E-state index is 12.6. The van der Waals surface area contributed by atoms with Crippen LogP contribution in [0.1, 0.15) is 107 Å². The molecule has 0 aromatic carbocycles. The number of carbonyl (C=O) groups is 1. The van der Waals surface area contributed by atoms with Crippen molar-refractivity contribution in [3.63, 3.8) is 0 Å². The zero-order valence-electron chi connectivity index (χ0n) is 31.3. The van der Waals surface area contributed by atoms with E-state index in [1.54, 1.807) is 13.8 Å². The number of ether oxygens (including phenoxy) is 4. The second-order valence-corrected chi connectivity index (χ2v) is 19.2. The zero-order valence-corrected chi connectivity index (χ0v) is 31.3. The monoisotopic (exact) mass is 691 g/mol. The summed E-state index contributed by atoms with van der Waals surface area (Å²) in [5.74, 6) is 0.942. The first-order chi connectivity index (χ1) is 22.9. The number of carbonyl (C=O) groups excluding carboxylic acids is 1. The summed E-state index contributed by atoms with van der Waals surface area (Å²) in [6.45, 7) is 18.2. The number of hydrogen-bond acceptors (Lipinski definition) is 10. The summed E-state index contributed by atoms with van der Waals surface area (Å²) < 4.78 is 25.4. The predicted octanol–water partition coefficient (Wildman–Crippen LogP) is 3.90. The summed E-state index contributed by atoms with van der Waals surface area (Å²) >= 11 is 0. The van der Waals surface area contributed by atoms with Crippen molar-refractivity contribution in [2.75, 3.05) is 32.9 Å². The molecule has 10 nitrogen and oxygen atoms in total. The highest BCUT2D eigenvalue weighted by atomic mass is 16.7. The molecule has 10 heteroatoms. The molecule has 4 N–H and O–H groups in total. The average molecular weight is 692 g/mol. The van der Waals surface area contributed by atoms with Crippen molar-refractivity contribution in [3.8, 4) is 0 Å². The third-order valence-corrected chi connectivity index (χ3v) is 16.4. The van der Waals surface area contributed by atoms with Crippen molar-refractivity contribution in [3.05, 3.63) is 0 Å². The van der Waals surface area contributed by atoms with Gasteiger partial charge in [-0.25, -0.2) is 0 Å². The summed E-state index contributed by atoms with van der Waals surface area (Å²) in [4.78, 5) is 14.2. The molecular weight excluding hydrogens is 626 g/mol. The molecule has 2 aliphatic heterocycles. The van der Waals surface area contributed by atoms with E-state index in [4.69, 9.17) is 18.9 Å². The van der Waals surface area contributed by atoms with Crippen molar-refractivity contribution in [2.24, 2.45) is 50.7 Å². The van der Waals surface area contributed by atoms with Crippen LogP contribution in [0.2, 0.25) is 0 Å². The van der Waals surface area contributed by atoms with E-state index in [2.05, 4.69) is 39.5 Å². The standard InChI is InChI=1S/C39H65NO9/c1-22-17-25(33(35(5,6)45)47-23(2)43)48-31-30(22)36(7)13-14-39-21-38(39)12-11-28(49-29-18-40(15-16-46-29)24(19-41)20-42)34(3,4)26(38)9-10-27(39)37(36,8)32(31)44/h22,24-33,41-42,44-45H,9-21H2,1-8H3/t22-,25?,26+,27?,28?,29?,30?,31?,32+,33?,36?,37-,38?,39?/m1/s1. The van der Waals surface area contributed by atoms with Crippen molar-refractivity contribution in [1.82, 2.24) is 4.90 Å². The van der Waals surface area contributed by atoms with E-state index in [0.29, 0.717) is 38.0 Å². The van der Waals surface area contributed by atoms with Gasteiger partial charge in [-0.05, 0) is 111 Å². The minimum atomic E-state index is -1.27. The number of morpholine rings is 1. The lowest BCUT2D eigenvalue weighted by molar-refractivity contribution is -0.252. The van der Waals surface area contributed by atoms with Crippen LogP contribution in [-0.2, 0) is 23.7 Å². The molecule has 2 heterocycles. The van der Waals surface area contributed by atoms with Crippen molar-refractivity contribution >= 4 is 5.97 Å². The zero-order chi connectivity index (χ0) is 35.5. The van der Waals surface area contributed by atoms with Crippen LogP contribution in [0.25, 0.3) is 0 Å². The SMILES string of the molecule is CC(=O)OC(C1C[C@@H](C)C2C(O1)[C@H](O)[C@@]1(C)C3CC[C@H]4C(C)(C)C(OC5CN(C(CO)CO)CCO5)CCC45CC35CCC21C)C(C)(C)O. The topological polar surface area (TPSA) is 138 Å². The first-order valence-electron chi connectivity index (χ1n) is 19.4. The van der Waals surface area contributed by atoms with Crippen LogP contribution in [0.3, 0.4) is 0 Å². The van der Waals surface area contributed by atoms with Gasteiger partial charge >= 0.3 is 5.97 Å². The quantitative estimate of drug-likeness (QED) is 0.278. The van der Waals surface area contributed by atoms with Crippen molar-refractivity contribution in [2.45, 2.75) is 155 Å². The van der Waals surface area contributed by atoms with E-state index in [-0.39, 0.29) is 76.7 Å². The smallest absolute Gasteiger partial charge is 0.303 e. The normalized spacial score (nSPS) is 49.6. The van der Waals surface area contributed by atoms with Gasteiger partial charge < -0.3 is 39.4 Å². The number of fused-ring (bicyclic) bond motifs is 4. The largest absolute Gasteiger partial charge is 0.457 e. The Morgan fingerprint density at radius 1 is 1.02 bits per heavy atom. The number of esters is 1. The Morgan fingerprint density at radius 2 is 1.69 bits per heavy atom. The Kier molecular flexibility index (Phi) is 9.00. The maximum Gasteiger partial charge on any atom is 0.303 e. The fourth-order valence-electron chi connectivity index (χ4n) is 14.1. The van der Waals surface area contributed by atoms with E-state index in [1.807, 2.05) is 0 Å². The van der Waals surface area contributed by atoms with Crippen LogP contribution in [0.4, 0.5) is 0 Å². The molecule has 5 aliphatic carbocycles. The van der Waals surface area contributed by atoms with Crippen LogP contribution in [0.15, 0.2) is 0 Å². The van der Waals surface area contributed by atoms with Crippen LogP contribution >= 0.6 is 0 Å². The second kappa shape index (κ2) is 12.1. The fourth-order valence-corrected chi connectivity index (χ4v) is 14.1. The maximum atomic E-state index is 12.6. The van der Waals surface area contributed by atoms with Gasteiger partial charge in [0.15, 0.2) is 12.4 Å². The lowest BCUT2D eigenvalue weighted by Gasteiger charge is -2.64. The molecule has 280 valence electrons. The molecule has 14 atom stereocenters. The van der Waals surface area contributed by atoms with E-state index < -0.39 is 29.9 Å². The predicted molar refractivity (Wildman–Crippen MR) is 182 cm³/mol. The molecule has 0 aromatic heterocycles. The Morgan fingerprint density at radius 3 is 2.35 bits per heavy atom. The Labute approximate surface area is 293 Å². The van der Waals surface area contributed by atoms with Crippen LogP contribution in [0.5, 0.6) is 0 Å². The number of aliphatic hydroxyl groups is 4. The first kappa shape index (κ1) is 36.5. The summed E-state index contributed by atoms with van der Waals surface area (Å²) in [5, 5.41) is 43.1. The third-order valence-electron chi connectivity index (χ3n) is 16.4. The van der Waals surface area contributed by atoms with Gasteiger partial charge in [0.05, 0.1) is 62.4 Å². The van der Waals surface area contributed by atoms with Gasteiger partial charge in [0.2, 0.25) is 0 Å². The Hall–Kier alpha value is -0.850. The van der Waals surface area contributed by atoms with E-state index >= 15 is 0 Å². The van der Waals surface area contributed by atoms with Crippen molar-refractivity contribution < 1.29 is 44.2 Å². The molecule has 0 bridgehead atoms. The number of aliphatic hydroxyl groups excluding tert-OH is 3. The minimum absolute atomic E-state index is 0.0384. The van der Waals surface area contributed by atoms with E-state index in [0.717, 1.165) is 32.1 Å². The van der Waals surface area contributed by atoms with E-state index in [1.165, 1.54) is 19.8 Å². The Balaban J connectivity index is 1.11. The molecule has 49 heavy (non-hydrogen) atoms. The second-order valence-electron chi connectivity index (χ2n) is 19.2. The number of hydrogen-bond donors (Lipinski definition) is 4. The molecule has 7 rings (SSSR count). The van der Waals surface area contributed by atoms with Crippen LogP contribution < -0.4 is 0 Å². The van der Waals surface area contributed by atoms with Gasteiger partial charge in [0, 0.05) is 18.9 Å².